The summed E-state index contributed by atoms with van der Waals surface area (Å²) in [7, 11) is 1.48. The monoisotopic (exact) mass is 397 g/mol. The quantitative estimate of drug-likeness (QED) is 0.666. The van der Waals surface area contributed by atoms with E-state index in [1.807, 2.05) is 12.1 Å². The molecule has 0 bridgehead atoms. The number of nitrogens with zero attached hydrogens (tertiary/aromatic N) is 3. The van der Waals surface area contributed by atoms with Gasteiger partial charge in [0.15, 0.2) is 0 Å². The summed E-state index contributed by atoms with van der Waals surface area (Å²) in [6.07, 6.45) is 2.35. The average molecular weight is 397 g/mol. The molecule has 7 nitrogen and oxygen atoms in total. The minimum Gasteiger partial charge on any atom is -0.497 e. The fourth-order valence-corrected chi connectivity index (χ4v) is 3.76. The normalized spacial score (nSPS) is 14.4. The maximum Gasteiger partial charge on any atom is 0.350 e. The summed E-state index contributed by atoms with van der Waals surface area (Å²) in [5, 5.41) is 4.27. The first kappa shape index (κ1) is 19.4. The molecular weight excluding hydrogens is 373 g/mol. The third-order valence-electron chi connectivity index (χ3n) is 5.27. The van der Waals surface area contributed by atoms with Crippen LogP contribution in [0.5, 0.6) is 5.75 Å². The van der Waals surface area contributed by atoms with Crippen LogP contribution >= 0.6 is 0 Å². The number of hydrogen-bond donors (Lipinski definition) is 2. The van der Waals surface area contributed by atoms with Gasteiger partial charge in [0.2, 0.25) is 0 Å². The number of hydrazine groups is 1. The van der Waals surface area contributed by atoms with Gasteiger partial charge in [-0.25, -0.2) is 9.18 Å². The molecule has 0 radical (unpaired) electrons. The van der Waals surface area contributed by atoms with Crippen molar-refractivity contribution < 1.29 is 9.13 Å². The standard InChI is InChI=1S/C21H24FN5O2/c1-3-15-8-18(4-5-20(15)16-10-23-24-11-16)27-21(28)26(13-25-27)12-14-6-17(22)9-19(7-14)29-2/h4-9,13,16,23-24H,3,10-12H2,1-2H3. The largest absolute Gasteiger partial charge is 0.497 e. The fourth-order valence-electron chi connectivity index (χ4n) is 3.76. The first-order valence-electron chi connectivity index (χ1n) is 9.66. The van der Waals surface area contributed by atoms with E-state index in [1.54, 1.807) is 6.07 Å². The summed E-state index contributed by atoms with van der Waals surface area (Å²) in [4.78, 5) is 12.9. The minimum atomic E-state index is -0.404. The summed E-state index contributed by atoms with van der Waals surface area (Å²) < 4.78 is 21.7. The molecule has 0 unspecified atom stereocenters. The molecule has 29 heavy (non-hydrogen) atoms. The topological polar surface area (TPSA) is 73.1 Å². The molecule has 1 aliphatic heterocycles. The lowest BCUT2D eigenvalue weighted by Crippen LogP contribution is -2.24. The number of hydrogen-bond acceptors (Lipinski definition) is 5. The van der Waals surface area contributed by atoms with E-state index in [0.717, 1.165) is 25.2 Å². The lowest BCUT2D eigenvalue weighted by molar-refractivity contribution is 0.410. The zero-order chi connectivity index (χ0) is 20.4. The number of aromatic nitrogens is 3. The summed E-state index contributed by atoms with van der Waals surface area (Å²) in [6, 6.07) is 10.4. The van der Waals surface area contributed by atoms with Crippen LogP contribution in [0.1, 0.15) is 29.5 Å². The molecule has 1 saturated heterocycles. The van der Waals surface area contributed by atoms with Gasteiger partial charge in [-0.3, -0.25) is 15.4 Å². The predicted octanol–water partition coefficient (Wildman–Crippen LogP) is 1.98. The molecule has 2 heterocycles. The summed E-state index contributed by atoms with van der Waals surface area (Å²) in [6.45, 7) is 4.10. The number of benzene rings is 2. The van der Waals surface area contributed by atoms with Gasteiger partial charge in [0.05, 0.1) is 19.3 Å². The molecule has 0 aliphatic carbocycles. The van der Waals surface area contributed by atoms with Crippen molar-refractivity contribution in [1.82, 2.24) is 25.2 Å². The molecule has 0 spiro atoms. The van der Waals surface area contributed by atoms with E-state index < -0.39 is 5.82 Å². The van der Waals surface area contributed by atoms with Gasteiger partial charge in [0.1, 0.15) is 17.9 Å². The first-order chi connectivity index (χ1) is 14.1. The van der Waals surface area contributed by atoms with Crippen molar-refractivity contribution in [2.45, 2.75) is 25.8 Å². The number of halogens is 1. The number of rotatable bonds is 6. The molecule has 1 aliphatic rings. The Kier molecular flexibility index (Phi) is 5.46. The maximum atomic E-state index is 13.7. The predicted molar refractivity (Wildman–Crippen MR) is 108 cm³/mol. The highest BCUT2D eigenvalue weighted by Gasteiger charge is 2.20. The van der Waals surface area contributed by atoms with Crippen LogP contribution in [0, 0.1) is 5.82 Å². The van der Waals surface area contributed by atoms with Gasteiger partial charge in [-0.1, -0.05) is 13.0 Å². The molecule has 4 rings (SSSR count). The molecule has 2 aromatic carbocycles. The summed E-state index contributed by atoms with van der Waals surface area (Å²) in [5.74, 6) is 0.426. The second-order valence-corrected chi connectivity index (χ2v) is 7.15. The Morgan fingerprint density at radius 1 is 1.21 bits per heavy atom. The van der Waals surface area contributed by atoms with Crippen molar-refractivity contribution >= 4 is 0 Å². The van der Waals surface area contributed by atoms with Gasteiger partial charge in [-0.2, -0.15) is 9.78 Å². The van der Waals surface area contributed by atoms with E-state index in [1.165, 1.54) is 45.9 Å². The highest BCUT2D eigenvalue weighted by atomic mass is 19.1. The van der Waals surface area contributed by atoms with Gasteiger partial charge >= 0.3 is 5.69 Å². The molecule has 0 saturated carbocycles. The molecule has 1 fully saturated rings. The summed E-state index contributed by atoms with van der Waals surface area (Å²) in [5.41, 5.74) is 9.90. The second-order valence-electron chi connectivity index (χ2n) is 7.15. The molecule has 1 aromatic heterocycles. The van der Waals surface area contributed by atoms with Gasteiger partial charge in [-0.15, -0.1) is 0 Å². The van der Waals surface area contributed by atoms with E-state index in [2.05, 4.69) is 28.9 Å². The Morgan fingerprint density at radius 3 is 2.72 bits per heavy atom. The fraction of sp³-hybridized carbons (Fsp3) is 0.333. The van der Waals surface area contributed by atoms with Crippen LogP contribution in [0.2, 0.25) is 0 Å². The minimum absolute atomic E-state index is 0.213. The Morgan fingerprint density at radius 2 is 2.00 bits per heavy atom. The number of nitrogens with one attached hydrogen (secondary N) is 2. The van der Waals surface area contributed by atoms with Crippen LogP contribution in [0.3, 0.4) is 0 Å². The van der Waals surface area contributed by atoms with Crippen molar-refractivity contribution in [3.63, 3.8) is 0 Å². The van der Waals surface area contributed by atoms with Crippen LogP contribution < -0.4 is 21.3 Å². The number of aryl methyl sites for hydroxylation is 1. The Bertz CT molecular complexity index is 1070. The van der Waals surface area contributed by atoms with E-state index in [0.29, 0.717) is 17.2 Å². The van der Waals surface area contributed by atoms with Crippen molar-refractivity contribution in [2.75, 3.05) is 20.2 Å². The van der Waals surface area contributed by atoms with Gasteiger partial charge in [0, 0.05) is 25.1 Å². The Labute approximate surface area is 168 Å². The number of methoxy groups -OCH3 is 1. The SMILES string of the molecule is CCc1cc(-n2ncn(Cc3cc(F)cc(OC)c3)c2=O)ccc1C1CNNC1. The lowest BCUT2D eigenvalue weighted by atomic mass is 9.93. The zero-order valence-electron chi connectivity index (χ0n) is 16.5. The van der Waals surface area contributed by atoms with Crippen LogP contribution in [0.15, 0.2) is 47.5 Å². The van der Waals surface area contributed by atoms with Gasteiger partial charge in [-0.05, 0) is 47.4 Å². The van der Waals surface area contributed by atoms with Crippen molar-refractivity contribution in [2.24, 2.45) is 0 Å². The molecular formula is C21H24FN5O2. The third kappa shape index (κ3) is 3.94. The maximum absolute atomic E-state index is 13.7. The van der Waals surface area contributed by atoms with E-state index in [4.69, 9.17) is 4.74 Å². The van der Waals surface area contributed by atoms with E-state index in [9.17, 15) is 9.18 Å². The molecule has 3 aromatic rings. The van der Waals surface area contributed by atoms with Crippen LogP contribution in [0.25, 0.3) is 5.69 Å². The van der Waals surface area contributed by atoms with Crippen molar-refractivity contribution in [3.05, 3.63) is 75.7 Å². The molecule has 8 heteroatoms. The summed E-state index contributed by atoms with van der Waals surface area (Å²) >= 11 is 0. The lowest BCUT2D eigenvalue weighted by Gasteiger charge is -2.14. The van der Waals surface area contributed by atoms with Gasteiger partial charge in [0.25, 0.3) is 0 Å². The zero-order valence-corrected chi connectivity index (χ0v) is 16.5. The Balaban J connectivity index is 1.63. The highest BCUT2D eigenvalue weighted by molar-refractivity contribution is 5.42. The van der Waals surface area contributed by atoms with Crippen LogP contribution in [-0.4, -0.2) is 34.5 Å². The van der Waals surface area contributed by atoms with Gasteiger partial charge < -0.3 is 4.74 Å². The molecule has 0 amide bonds. The smallest absolute Gasteiger partial charge is 0.350 e. The molecule has 0 atom stereocenters. The van der Waals surface area contributed by atoms with E-state index >= 15 is 0 Å². The Hall–Kier alpha value is -2.97. The van der Waals surface area contributed by atoms with Crippen LogP contribution in [-0.2, 0) is 13.0 Å². The van der Waals surface area contributed by atoms with Crippen LogP contribution in [0.4, 0.5) is 4.39 Å². The third-order valence-corrected chi connectivity index (χ3v) is 5.27. The first-order valence-corrected chi connectivity index (χ1v) is 9.66. The molecule has 152 valence electrons. The second kappa shape index (κ2) is 8.18. The molecule has 2 N–H and O–H groups in total. The van der Waals surface area contributed by atoms with Crippen molar-refractivity contribution in [1.29, 1.82) is 0 Å². The highest BCUT2D eigenvalue weighted by Crippen LogP contribution is 2.24. The van der Waals surface area contributed by atoms with E-state index in [-0.39, 0.29) is 12.2 Å². The number of ether oxygens (including phenoxy) is 1. The van der Waals surface area contributed by atoms with Crippen molar-refractivity contribution in [3.8, 4) is 11.4 Å². The average Bonchev–Trinajstić information content (AvgIpc) is 3.38.